The van der Waals surface area contributed by atoms with Crippen molar-refractivity contribution in [3.05, 3.63) is 0 Å². The van der Waals surface area contributed by atoms with E-state index in [9.17, 15) is 43.2 Å². The second-order valence-corrected chi connectivity index (χ2v) is 28.7. The zero-order chi connectivity index (χ0) is 63.2. The molecule has 0 aromatic carbocycles. The van der Waals surface area contributed by atoms with Gasteiger partial charge in [0, 0.05) is 25.7 Å². The van der Waals surface area contributed by atoms with E-state index in [-0.39, 0.29) is 25.7 Å². The minimum Gasteiger partial charge on any atom is -0.462 e. The van der Waals surface area contributed by atoms with Gasteiger partial charge in [-0.3, -0.25) is 37.3 Å². The van der Waals surface area contributed by atoms with Crippen LogP contribution >= 0.6 is 15.6 Å². The van der Waals surface area contributed by atoms with Crippen LogP contribution in [0.25, 0.3) is 0 Å². The lowest BCUT2D eigenvalue weighted by molar-refractivity contribution is -0.161. The molecule has 0 rings (SSSR count). The van der Waals surface area contributed by atoms with Crippen LogP contribution in [0, 0.1) is 23.7 Å². The van der Waals surface area contributed by atoms with E-state index in [1.54, 1.807) is 0 Å². The third-order valence-corrected chi connectivity index (χ3v) is 17.0. The number of phosphoric ester groups is 2. The SMILES string of the molecule is CC(C)CCCCCCCCCCCCCC(=O)O[C@H](COC(=O)CCCCCCCCC(C)C)COP(=O)(O)OC[C@H](O)COP(=O)(O)OC[C@@H](COC(=O)CCCCCCCCC(C)C)OC(=O)CCCCCCCCCCCCC(C)C. The Balaban J connectivity index is 5.24. The third kappa shape index (κ3) is 60.7. The molecule has 85 heavy (non-hydrogen) atoms. The minimum absolute atomic E-state index is 0.104. The molecule has 0 aliphatic heterocycles. The molecular formula is C66H128O17P2. The van der Waals surface area contributed by atoms with Gasteiger partial charge in [0.2, 0.25) is 0 Å². The van der Waals surface area contributed by atoms with Crippen molar-refractivity contribution in [2.24, 2.45) is 23.7 Å². The van der Waals surface area contributed by atoms with E-state index in [1.165, 1.54) is 109 Å². The van der Waals surface area contributed by atoms with E-state index in [2.05, 4.69) is 55.4 Å². The molecule has 17 nitrogen and oxygen atoms in total. The molecule has 0 heterocycles. The van der Waals surface area contributed by atoms with Gasteiger partial charge in [-0.2, -0.15) is 0 Å². The first kappa shape index (κ1) is 83.1. The Morgan fingerprint density at radius 1 is 0.294 bits per heavy atom. The molecule has 2 unspecified atom stereocenters. The molecular weight excluding hydrogens is 1130 g/mol. The van der Waals surface area contributed by atoms with E-state index < -0.39 is 97.5 Å². The summed E-state index contributed by atoms with van der Waals surface area (Å²) >= 11 is 0. The number of unbranched alkanes of at least 4 members (excludes halogenated alkanes) is 29. The highest BCUT2D eigenvalue weighted by molar-refractivity contribution is 7.47. The standard InChI is InChI=1S/C66H128O17P2/c1-56(2)42-34-26-18-14-10-9-11-16-20-32-40-48-65(70)82-61(52-76-63(68)46-38-30-24-22-28-36-44-58(5)6)54-80-84(72,73)78-50-60(67)51-79-85(74,75)81-55-62(53-77-64(69)47-39-31-25-23-29-37-45-59(7)8)83-66(71)49-41-33-21-17-13-12-15-19-27-35-43-57(3)4/h56-62,67H,9-55H2,1-8H3,(H,72,73)(H,74,75)/t60-,61+,62+/m0/s1. The van der Waals surface area contributed by atoms with Crippen molar-refractivity contribution in [3.63, 3.8) is 0 Å². The van der Waals surface area contributed by atoms with Crippen LogP contribution in [0.5, 0.6) is 0 Å². The lowest BCUT2D eigenvalue weighted by Crippen LogP contribution is -2.30. The van der Waals surface area contributed by atoms with Gasteiger partial charge in [-0.25, -0.2) is 9.13 Å². The molecule has 0 saturated heterocycles. The van der Waals surface area contributed by atoms with Crippen molar-refractivity contribution in [1.82, 2.24) is 0 Å². The molecule has 0 radical (unpaired) electrons. The van der Waals surface area contributed by atoms with Gasteiger partial charge in [0.05, 0.1) is 26.4 Å². The Kier molecular flexibility index (Phi) is 54.8. The van der Waals surface area contributed by atoms with Crippen LogP contribution in [0.3, 0.4) is 0 Å². The fourth-order valence-electron chi connectivity index (χ4n) is 9.78. The topological polar surface area (TPSA) is 237 Å². The van der Waals surface area contributed by atoms with Gasteiger partial charge in [0.15, 0.2) is 12.2 Å². The van der Waals surface area contributed by atoms with Crippen LogP contribution in [0.15, 0.2) is 0 Å². The molecule has 5 atom stereocenters. The number of hydrogen-bond acceptors (Lipinski definition) is 15. The minimum atomic E-state index is -4.95. The highest BCUT2D eigenvalue weighted by Crippen LogP contribution is 2.45. The van der Waals surface area contributed by atoms with Gasteiger partial charge < -0.3 is 33.8 Å². The first-order valence-electron chi connectivity index (χ1n) is 34.2. The second-order valence-electron chi connectivity index (χ2n) is 25.8. The maximum atomic E-state index is 13.0. The number of hydrogen-bond donors (Lipinski definition) is 3. The van der Waals surface area contributed by atoms with Crippen molar-refractivity contribution in [2.75, 3.05) is 39.6 Å². The Bertz CT molecular complexity index is 1700. The van der Waals surface area contributed by atoms with Crippen LogP contribution in [-0.4, -0.2) is 96.7 Å². The molecule has 0 saturated carbocycles. The summed E-state index contributed by atoms with van der Waals surface area (Å²) in [5, 5.41) is 10.5. The van der Waals surface area contributed by atoms with Crippen LogP contribution in [-0.2, 0) is 65.4 Å². The van der Waals surface area contributed by atoms with Gasteiger partial charge in [-0.05, 0) is 49.4 Å². The van der Waals surface area contributed by atoms with Crippen LogP contribution in [0.1, 0.15) is 319 Å². The van der Waals surface area contributed by atoms with Crippen molar-refractivity contribution < 1.29 is 80.2 Å². The van der Waals surface area contributed by atoms with E-state index >= 15 is 0 Å². The number of aliphatic hydroxyl groups is 1. The Morgan fingerprint density at radius 2 is 0.494 bits per heavy atom. The normalized spacial score (nSPS) is 14.4. The van der Waals surface area contributed by atoms with Gasteiger partial charge >= 0.3 is 39.5 Å². The number of phosphoric acid groups is 2. The molecule has 0 fully saturated rings. The quantitative estimate of drug-likeness (QED) is 0.0222. The number of ether oxygens (including phenoxy) is 4. The monoisotopic (exact) mass is 1250 g/mol. The number of carbonyl (C=O) groups is 4. The summed E-state index contributed by atoms with van der Waals surface area (Å²) in [6, 6.07) is 0. The van der Waals surface area contributed by atoms with Crippen molar-refractivity contribution in [3.8, 4) is 0 Å². The fourth-order valence-corrected chi connectivity index (χ4v) is 11.4. The highest BCUT2D eigenvalue weighted by atomic mass is 31.2. The average molecular weight is 1260 g/mol. The van der Waals surface area contributed by atoms with Crippen LogP contribution < -0.4 is 0 Å². The maximum Gasteiger partial charge on any atom is 0.472 e. The first-order chi connectivity index (χ1) is 40.6. The molecule has 19 heteroatoms. The summed E-state index contributed by atoms with van der Waals surface area (Å²) in [4.78, 5) is 72.3. The summed E-state index contributed by atoms with van der Waals surface area (Å²) in [6.07, 6.45) is 36.5. The number of esters is 4. The molecule has 0 aromatic heterocycles. The molecule has 3 N–H and O–H groups in total. The highest BCUT2D eigenvalue weighted by Gasteiger charge is 2.30. The fraction of sp³-hybridized carbons (Fsp3) is 0.939. The molecule has 0 spiro atoms. The van der Waals surface area contributed by atoms with Gasteiger partial charge in [0.25, 0.3) is 0 Å². The average Bonchev–Trinajstić information content (AvgIpc) is 3.57. The Labute approximate surface area is 517 Å². The zero-order valence-corrected chi connectivity index (χ0v) is 57.0. The predicted octanol–water partition coefficient (Wildman–Crippen LogP) is 18.1. The predicted molar refractivity (Wildman–Crippen MR) is 340 cm³/mol. The van der Waals surface area contributed by atoms with Crippen molar-refractivity contribution >= 4 is 39.5 Å². The molecule has 504 valence electrons. The maximum absolute atomic E-state index is 13.0. The van der Waals surface area contributed by atoms with E-state index in [0.717, 1.165) is 115 Å². The Morgan fingerprint density at radius 3 is 0.729 bits per heavy atom. The van der Waals surface area contributed by atoms with Crippen molar-refractivity contribution in [2.45, 2.75) is 337 Å². The molecule has 0 aliphatic carbocycles. The van der Waals surface area contributed by atoms with Gasteiger partial charge in [-0.15, -0.1) is 0 Å². The lowest BCUT2D eigenvalue weighted by Gasteiger charge is -2.21. The smallest absolute Gasteiger partial charge is 0.462 e. The van der Waals surface area contributed by atoms with Crippen LogP contribution in [0.2, 0.25) is 0 Å². The summed E-state index contributed by atoms with van der Waals surface area (Å²) < 4.78 is 68.0. The summed E-state index contributed by atoms with van der Waals surface area (Å²) in [6.45, 7) is 13.9. The molecule has 0 aromatic rings. The van der Waals surface area contributed by atoms with Crippen LogP contribution in [0.4, 0.5) is 0 Å². The first-order valence-corrected chi connectivity index (χ1v) is 37.2. The van der Waals surface area contributed by atoms with E-state index in [0.29, 0.717) is 37.5 Å². The molecule has 0 amide bonds. The number of carbonyl (C=O) groups excluding carboxylic acids is 4. The lowest BCUT2D eigenvalue weighted by atomic mass is 10.0. The Hall–Kier alpha value is -1.94. The van der Waals surface area contributed by atoms with Crippen molar-refractivity contribution in [1.29, 1.82) is 0 Å². The number of aliphatic hydroxyl groups excluding tert-OH is 1. The number of rotatable bonds is 63. The van der Waals surface area contributed by atoms with Gasteiger partial charge in [0.1, 0.15) is 19.3 Å². The largest absolute Gasteiger partial charge is 0.472 e. The zero-order valence-electron chi connectivity index (χ0n) is 55.2. The molecule has 0 aliphatic rings. The van der Waals surface area contributed by atoms with Gasteiger partial charge in [-0.1, -0.05) is 267 Å². The third-order valence-electron chi connectivity index (χ3n) is 15.1. The second kappa shape index (κ2) is 56.1. The summed E-state index contributed by atoms with van der Waals surface area (Å²) in [5.74, 6) is 0.738. The summed E-state index contributed by atoms with van der Waals surface area (Å²) in [5.41, 5.74) is 0. The van der Waals surface area contributed by atoms with E-state index in [1.807, 2.05) is 0 Å². The summed E-state index contributed by atoms with van der Waals surface area (Å²) in [7, 11) is -9.89. The van der Waals surface area contributed by atoms with E-state index in [4.69, 9.17) is 37.0 Å². The molecule has 0 bridgehead atoms.